The minimum absolute atomic E-state index is 0.0688. The van der Waals surface area contributed by atoms with Gasteiger partial charge in [-0.15, -0.1) is 0 Å². The molecule has 0 bridgehead atoms. The molecule has 0 spiro atoms. The van der Waals surface area contributed by atoms with Crippen molar-refractivity contribution in [3.8, 4) is 11.1 Å². The Morgan fingerprint density at radius 1 is 1.10 bits per heavy atom. The summed E-state index contributed by atoms with van der Waals surface area (Å²) in [6.07, 6.45) is 1.51. The van der Waals surface area contributed by atoms with E-state index >= 15 is 0 Å². The maximum Gasteiger partial charge on any atom is 0.254 e. The third kappa shape index (κ3) is 4.62. The van der Waals surface area contributed by atoms with Crippen LogP contribution in [0.3, 0.4) is 0 Å². The molecule has 0 radical (unpaired) electrons. The van der Waals surface area contributed by atoms with Gasteiger partial charge >= 0.3 is 0 Å². The summed E-state index contributed by atoms with van der Waals surface area (Å²) in [7, 11) is 1.58. The van der Waals surface area contributed by atoms with Gasteiger partial charge < -0.3 is 19.7 Å². The normalized spacial score (nSPS) is 23.5. The molecule has 164 valence electrons. The SMILES string of the molecule is CNC(=O)[C@@]1(Cc2ccc(-c3ccc(F)cc3)cc2)CN(C(=O)[C@H]2CCCO2)CCO1. The average molecular weight is 426 g/mol. The van der Waals surface area contributed by atoms with Crippen molar-refractivity contribution in [3.05, 3.63) is 59.9 Å². The van der Waals surface area contributed by atoms with E-state index in [4.69, 9.17) is 9.47 Å². The van der Waals surface area contributed by atoms with E-state index in [1.165, 1.54) is 12.1 Å². The fourth-order valence-electron chi connectivity index (χ4n) is 4.29. The zero-order chi connectivity index (χ0) is 21.8. The van der Waals surface area contributed by atoms with Crippen LogP contribution in [0.25, 0.3) is 11.1 Å². The molecule has 2 amide bonds. The zero-order valence-electron chi connectivity index (χ0n) is 17.6. The Balaban J connectivity index is 1.53. The van der Waals surface area contributed by atoms with Gasteiger partial charge in [0, 0.05) is 26.6 Å². The number of carbonyl (C=O) groups excluding carboxylic acids is 2. The molecule has 2 heterocycles. The van der Waals surface area contributed by atoms with Gasteiger partial charge in [0.15, 0.2) is 5.60 Å². The van der Waals surface area contributed by atoms with Crippen molar-refractivity contribution >= 4 is 11.8 Å². The predicted molar refractivity (Wildman–Crippen MR) is 114 cm³/mol. The molecule has 7 heteroatoms. The first-order chi connectivity index (χ1) is 15.0. The van der Waals surface area contributed by atoms with Crippen molar-refractivity contribution < 1.29 is 23.5 Å². The molecule has 0 unspecified atom stereocenters. The summed E-state index contributed by atoms with van der Waals surface area (Å²) in [5.41, 5.74) is 1.63. The summed E-state index contributed by atoms with van der Waals surface area (Å²) in [6, 6.07) is 14.1. The third-order valence-corrected chi connectivity index (χ3v) is 5.96. The minimum atomic E-state index is -1.15. The van der Waals surface area contributed by atoms with E-state index in [2.05, 4.69) is 5.32 Å². The first-order valence-electron chi connectivity index (χ1n) is 10.6. The second-order valence-corrected chi connectivity index (χ2v) is 8.06. The van der Waals surface area contributed by atoms with Gasteiger partial charge in [0.25, 0.3) is 11.8 Å². The van der Waals surface area contributed by atoms with Crippen molar-refractivity contribution in [1.82, 2.24) is 10.2 Å². The second kappa shape index (κ2) is 9.16. The molecular formula is C24H27FN2O4. The lowest BCUT2D eigenvalue weighted by molar-refractivity contribution is -0.169. The fraction of sp³-hybridized carbons (Fsp3) is 0.417. The minimum Gasteiger partial charge on any atom is -0.368 e. The topological polar surface area (TPSA) is 67.9 Å². The standard InChI is InChI=1S/C24H27FN2O4/c1-26-23(29)24(16-27(12-14-31-24)22(28)21-3-2-13-30-21)15-17-4-6-18(7-5-17)19-8-10-20(25)11-9-19/h4-11,21H,2-3,12-16H2,1H3,(H,26,29)/t21-,24-/m1/s1. The number of halogens is 1. The highest BCUT2D eigenvalue weighted by molar-refractivity contribution is 5.88. The highest BCUT2D eigenvalue weighted by atomic mass is 19.1. The highest BCUT2D eigenvalue weighted by Gasteiger charge is 2.45. The van der Waals surface area contributed by atoms with Crippen LogP contribution in [0, 0.1) is 5.82 Å². The van der Waals surface area contributed by atoms with Crippen LogP contribution in [0.15, 0.2) is 48.5 Å². The number of rotatable bonds is 5. The lowest BCUT2D eigenvalue weighted by atomic mass is 9.90. The molecule has 2 aromatic carbocycles. The third-order valence-electron chi connectivity index (χ3n) is 5.96. The number of amides is 2. The number of hydrogen-bond donors (Lipinski definition) is 1. The summed E-state index contributed by atoms with van der Waals surface area (Å²) < 4.78 is 24.7. The smallest absolute Gasteiger partial charge is 0.254 e. The van der Waals surface area contributed by atoms with Crippen molar-refractivity contribution in [2.45, 2.75) is 31.0 Å². The summed E-state index contributed by atoms with van der Waals surface area (Å²) >= 11 is 0. The first-order valence-corrected chi connectivity index (χ1v) is 10.6. The van der Waals surface area contributed by atoms with E-state index in [0.29, 0.717) is 32.6 Å². The Morgan fingerprint density at radius 3 is 2.39 bits per heavy atom. The maximum atomic E-state index is 13.2. The van der Waals surface area contributed by atoms with E-state index in [-0.39, 0.29) is 24.2 Å². The number of nitrogens with one attached hydrogen (secondary N) is 1. The van der Waals surface area contributed by atoms with Crippen LogP contribution >= 0.6 is 0 Å². The van der Waals surface area contributed by atoms with Crippen molar-refractivity contribution in [1.29, 1.82) is 0 Å². The van der Waals surface area contributed by atoms with Crippen molar-refractivity contribution in [2.24, 2.45) is 0 Å². The molecule has 2 aliphatic heterocycles. The van der Waals surface area contributed by atoms with Gasteiger partial charge in [-0.25, -0.2) is 4.39 Å². The Labute approximate surface area is 181 Å². The average Bonchev–Trinajstić information content (AvgIpc) is 3.34. The molecule has 1 N–H and O–H groups in total. The van der Waals surface area contributed by atoms with Gasteiger partial charge in [-0.05, 0) is 41.7 Å². The van der Waals surface area contributed by atoms with Crippen LogP contribution in [-0.4, -0.2) is 61.8 Å². The molecule has 6 nitrogen and oxygen atoms in total. The molecule has 0 aliphatic carbocycles. The molecule has 31 heavy (non-hydrogen) atoms. The van der Waals surface area contributed by atoms with Crippen molar-refractivity contribution in [3.63, 3.8) is 0 Å². The fourth-order valence-corrected chi connectivity index (χ4v) is 4.29. The van der Waals surface area contributed by atoms with Crippen LogP contribution in [0.1, 0.15) is 18.4 Å². The van der Waals surface area contributed by atoms with Gasteiger partial charge in [0.2, 0.25) is 0 Å². The highest BCUT2D eigenvalue weighted by Crippen LogP contribution is 2.27. The second-order valence-electron chi connectivity index (χ2n) is 8.06. The van der Waals surface area contributed by atoms with E-state index < -0.39 is 11.7 Å². The predicted octanol–water partition coefficient (Wildman–Crippen LogP) is 2.56. The number of morpholine rings is 1. The molecule has 2 fully saturated rings. The number of carbonyl (C=O) groups is 2. The van der Waals surface area contributed by atoms with Crippen molar-refractivity contribution in [2.75, 3.05) is 33.4 Å². The van der Waals surface area contributed by atoms with Gasteiger partial charge in [-0.1, -0.05) is 36.4 Å². The quantitative estimate of drug-likeness (QED) is 0.798. The maximum absolute atomic E-state index is 13.2. The number of nitrogens with zero attached hydrogens (tertiary/aromatic N) is 1. The Bertz CT molecular complexity index is 926. The lowest BCUT2D eigenvalue weighted by Crippen LogP contribution is -2.62. The number of hydrogen-bond acceptors (Lipinski definition) is 4. The van der Waals surface area contributed by atoms with E-state index in [0.717, 1.165) is 23.1 Å². The van der Waals surface area contributed by atoms with Gasteiger partial charge in [0.05, 0.1) is 13.2 Å². The van der Waals surface area contributed by atoms with Crippen LogP contribution in [0.4, 0.5) is 4.39 Å². The zero-order valence-corrected chi connectivity index (χ0v) is 17.6. The van der Waals surface area contributed by atoms with E-state index in [9.17, 15) is 14.0 Å². The van der Waals surface area contributed by atoms with Crippen LogP contribution in [0.5, 0.6) is 0 Å². The van der Waals surface area contributed by atoms with Gasteiger partial charge in [0.1, 0.15) is 11.9 Å². The summed E-state index contributed by atoms with van der Waals surface area (Å²) in [5, 5.41) is 2.70. The molecular weight excluding hydrogens is 399 g/mol. The number of ether oxygens (including phenoxy) is 2. The summed E-state index contributed by atoms with van der Waals surface area (Å²) in [5.74, 6) is -0.592. The van der Waals surface area contributed by atoms with Gasteiger partial charge in [-0.2, -0.15) is 0 Å². The van der Waals surface area contributed by atoms with E-state index in [1.807, 2.05) is 24.3 Å². The Hall–Kier alpha value is -2.77. The summed E-state index contributed by atoms with van der Waals surface area (Å²) in [4.78, 5) is 27.4. The molecule has 2 saturated heterocycles. The molecule has 4 rings (SSSR count). The van der Waals surface area contributed by atoms with Crippen LogP contribution < -0.4 is 5.32 Å². The van der Waals surface area contributed by atoms with Crippen LogP contribution in [-0.2, 0) is 25.5 Å². The molecule has 0 saturated carbocycles. The largest absolute Gasteiger partial charge is 0.368 e. The first kappa shape index (κ1) is 21.5. The lowest BCUT2D eigenvalue weighted by Gasteiger charge is -2.42. The molecule has 0 aromatic heterocycles. The molecule has 2 atom stereocenters. The van der Waals surface area contributed by atoms with Crippen LogP contribution in [0.2, 0.25) is 0 Å². The number of likely N-dealkylation sites (N-methyl/N-ethyl adjacent to an activating group) is 1. The Kier molecular flexibility index (Phi) is 6.34. The molecule has 2 aliphatic rings. The Morgan fingerprint density at radius 2 is 1.77 bits per heavy atom. The number of benzene rings is 2. The molecule has 2 aromatic rings. The van der Waals surface area contributed by atoms with Gasteiger partial charge in [-0.3, -0.25) is 9.59 Å². The summed E-state index contributed by atoms with van der Waals surface area (Å²) in [6.45, 7) is 1.52. The van der Waals surface area contributed by atoms with E-state index in [1.54, 1.807) is 24.1 Å². The monoisotopic (exact) mass is 426 g/mol.